The smallest absolute Gasteiger partial charge is 0.475 e. The molecule has 3 aromatic rings. The van der Waals surface area contributed by atoms with Crippen LogP contribution in [0, 0.1) is 6.92 Å². The molecule has 0 bridgehead atoms. The second-order valence-corrected chi connectivity index (χ2v) is 8.29. The van der Waals surface area contributed by atoms with E-state index >= 15 is 0 Å². The first-order valence-electron chi connectivity index (χ1n) is 10.1. The van der Waals surface area contributed by atoms with Gasteiger partial charge in [0.15, 0.2) is 0 Å². The summed E-state index contributed by atoms with van der Waals surface area (Å²) in [5.74, 6) is -2.38. The van der Waals surface area contributed by atoms with Crippen LogP contribution in [-0.4, -0.2) is 55.5 Å². The number of rotatable bonds is 3. The predicted octanol–water partition coefficient (Wildman–Crippen LogP) is 4.34. The Labute approximate surface area is 202 Å². The van der Waals surface area contributed by atoms with Crippen molar-refractivity contribution in [2.75, 3.05) is 13.1 Å². The van der Waals surface area contributed by atoms with Gasteiger partial charge in [-0.05, 0) is 38.0 Å². The Morgan fingerprint density at radius 3 is 2.32 bits per heavy atom. The van der Waals surface area contributed by atoms with Crippen LogP contribution < -0.4 is 5.73 Å². The number of carbonyl (C=O) groups is 2. The Morgan fingerprint density at radius 1 is 1.18 bits per heavy atom. The topological polar surface area (TPSA) is 114 Å². The van der Waals surface area contributed by atoms with Gasteiger partial charge in [-0.3, -0.25) is 9.20 Å². The average Bonchev–Trinajstić information content (AvgIpc) is 3.42. The van der Waals surface area contributed by atoms with Crippen molar-refractivity contribution in [1.82, 2.24) is 19.3 Å². The number of aliphatic carboxylic acids is 1. The van der Waals surface area contributed by atoms with Crippen LogP contribution in [0.4, 0.5) is 13.2 Å². The van der Waals surface area contributed by atoms with Crippen LogP contribution in [0.3, 0.4) is 0 Å². The van der Waals surface area contributed by atoms with Crippen molar-refractivity contribution in [3.05, 3.63) is 51.4 Å². The molecule has 0 spiro atoms. The number of nitrogens with zero attached hydrogens (tertiary/aromatic N) is 4. The Bertz CT molecular complexity index is 1240. The van der Waals surface area contributed by atoms with E-state index < -0.39 is 12.1 Å². The molecule has 3 heterocycles. The maximum Gasteiger partial charge on any atom is 0.490 e. The molecule has 182 valence electrons. The summed E-state index contributed by atoms with van der Waals surface area (Å²) in [5.41, 5.74) is 9.56. The fourth-order valence-corrected chi connectivity index (χ4v) is 4.05. The Kier molecular flexibility index (Phi) is 7.69. The molecule has 0 aliphatic carbocycles. The Morgan fingerprint density at radius 2 is 1.79 bits per heavy atom. The van der Waals surface area contributed by atoms with Gasteiger partial charge < -0.3 is 15.7 Å². The second kappa shape index (κ2) is 10.2. The number of hydrogen-bond acceptors (Lipinski definition) is 5. The van der Waals surface area contributed by atoms with Gasteiger partial charge in [0.2, 0.25) is 5.78 Å². The number of amides is 1. The number of alkyl halides is 3. The Balaban J connectivity index is 0.000000406. The number of aromatic nitrogens is 3. The minimum atomic E-state index is -5.08. The molecule has 0 atom stereocenters. The van der Waals surface area contributed by atoms with E-state index in [0.717, 1.165) is 48.4 Å². The number of likely N-dealkylation sites (tertiary alicyclic amines) is 1. The number of carboxylic acids is 1. The summed E-state index contributed by atoms with van der Waals surface area (Å²) in [6.07, 6.45) is -1.30. The quantitative estimate of drug-likeness (QED) is 0.534. The van der Waals surface area contributed by atoms with Crippen LogP contribution in [0.1, 0.15) is 34.6 Å². The first-order valence-corrected chi connectivity index (χ1v) is 10.8. The lowest BCUT2D eigenvalue weighted by atomic mass is 10.0. The molecule has 0 saturated carbocycles. The maximum absolute atomic E-state index is 12.8. The van der Waals surface area contributed by atoms with Gasteiger partial charge in [0.1, 0.15) is 5.69 Å². The highest BCUT2D eigenvalue weighted by Crippen LogP contribution is 2.34. The van der Waals surface area contributed by atoms with Crippen LogP contribution in [0.5, 0.6) is 0 Å². The summed E-state index contributed by atoms with van der Waals surface area (Å²) < 4.78 is 33.5. The van der Waals surface area contributed by atoms with Gasteiger partial charge in [-0.1, -0.05) is 23.2 Å². The van der Waals surface area contributed by atoms with Gasteiger partial charge >= 0.3 is 12.1 Å². The van der Waals surface area contributed by atoms with Gasteiger partial charge in [-0.2, -0.15) is 13.2 Å². The lowest BCUT2D eigenvalue weighted by molar-refractivity contribution is -0.192. The van der Waals surface area contributed by atoms with Crippen molar-refractivity contribution in [3.8, 4) is 11.3 Å². The zero-order valence-electron chi connectivity index (χ0n) is 17.9. The third-order valence-electron chi connectivity index (χ3n) is 5.16. The minimum absolute atomic E-state index is 0.0712. The van der Waals surface area contributed by atoms with E-state index in [2.05, 4.69) is 9.97 Å². The van der Waals surface area contributed by atoms with E-state index in [1.54, 1.807) is 22.7 Å². The van der Waals surface area contributed by atoms with Crippen LogP contribution in [0.2, 0.25) is 10.0 Å². The SMILES string of the molecule is Cc1nc2nc(C(=O)N3CCCC3)cn2c(-c2ccc(Cl)cc2Cl)c1CN.O=C(O)C(F)(F)F. The zero-order chi connectivity index (χ0) is 25.2. The second-order valence-electron chi connectivity index (χ2n) is 7.45. The molecule has 1 amide bonds. The molecule has 8 nitrogen and oxygen atoms in total. The van der Waals surface area contributed by atoms with E-state index in [1.807, 2.05) is 17.9 Å². The van der Waals surface area contributed by atoms with Gasteiger partial charge in [0.05, 0.1) is 10.7 Å². The van der Waals surface area contributed by atoms with Gasteiger partial charge in [-0.15, -0.1) is 0 Å². The molecule has 3 N–H and O–H groups in total. The fourth-order valence-electron chi connectivity index (χ4n) is 3.55. The largest absolute Gasteiger partial charge is 0.490 e. The summed E-state index contributed by atoms with van der Waals surface area (Å²) in [6, 6.07) is 5.31. The molecule has 2 aromatic heterocycles. The Hall–Kier alpha value is -2.89. The number of hydrogen-bond donors (Lipinski definition) is 2. The fraction of sp³-hybridized carbons (Fsp3) is 0.333. The summed E-state index contributed by atoms with van der Waals surface area (Å²) in [7, 11) is 0. The minimum Gasteiger partial charge on any atom is -0.475 e. The normalized spacial score (nSPS) is 13.7. The summed E-state index contributed by atoms with van der Waals surface area (Å²) in [4.78, 5) is 32.5. The zero-order valence-corrected chi connectivity index (χ0v) is 19.4. The highest BCUT2D eigenvalue weighted by molar-refractivity contribution is 6.36. The van der Waals surface area contributed by atoms with E-state index in [0.29, 0.717) is 21.5 Å². The molecule has 1 aromatic carbocycles. The molecule has 34 heavy (non-hydrogen) atoms. The number of imidazole rings is 1. The number of carbonyl (C=O) groups excluding carboxylic acids is 1. The number of halogens is 5. The third-order valence-corrected chi connectivity index (χ3v) is 5.71. The number of benzene rings is 1. The van der Waals surface area contributed by atoms with Gasteiger partial charge in [0.25, 0.3) is 5.91 Å². The molecular weight excluding hydrogens is 498 g/mol. The molecule has 1 aliphatic heterocycles. The van der Waals surface area contributed by atoms with Crippen molar-refractivity contribution in [2.24, 2.45) is 5.73 Å². The standard InChI is InChI=1S/C19H19Cl2N5O.C2HF3O2/c1-11-14(9-22)17(13-5-4-12(20)8-15(13)21)26-10-16(24-19(26)23-11)18(27)25-6-2-3-7-25;3-2(4,5)1(6)7/h4-5,8,10H,2-3,6-7,9,22H2,1H3;(H,6,7). The average molecular weight is 518 g/mol. The summed E-state index contributed by atoms with van der Waals surface area (Å²) >= 11 is 12.5. The highest BCUT2D eigenvalue weighted by atomic mass is 35.5. The number of aryl methyl sites for hydroxylation is 1. The van der Waals surface area contributed by atoms with Crippen molar-refractivity contribution < 1.29 is 27.9 Å². The molecular formula is C21H20Cl2F3N5O3. The van der Waals surface area contributed by atoms with E-state index in [4.69, 9.17) is 38.8 Å². The lowest BCUT2D eigenvalue weighted by Gasteiger charge is -2.14. The molecule has 0 radical (unpaired) electrons. The molecule has 4 rings (SSSR count). The monoisotopic (exact) mass is 517 g/mol. The first kappa shape index (κ1) is 25.7. The number of nitrogens with two attached hydrogens (primary N) is 1. The lowest BCUT2D eigenvalue weighted by Crippen LogP contribution is -2.27. The van der Waals surface area contributed by atoms with E-state index in [1.165, 1.54) is 0 Å². The first-order chi connectivity index (χ1) is 15.9. The molecule has 1 aliphatic rings. The van der Waals surface area contributed by atoms with Crippen molar-refractivity contribution in [2.45, 2.75) is 32.5 Å². The van der Waals surface area contributed by atoms with Crippen molar-refractivity contribution in [1.29, 1.82) is 0 Å². The molecule has 13 heteroatoms. The molecule has 1 fully saturated rings. The summed E-state index contributed by atoms with van der Waals surface area (Å²) in [5, 5.41) is 8.18. The van der Waals surface area contributed by atoms with Crippen LogP contribution in [0.25, 0.3) is 17.0 Å². The van der Waals surface area contributed by atoms with Crippen LogP contribution >= 0.6 is 23.2 Å². The van der Waals surface area contributed by atoms with Gasteiger partial charge in [-0.25, -0.2) is 14.8 Å². The van der Waals surface area contributed by atoms with Crippen LogP contribution in [-0.2, 0) is 11.3 Å². The van der Waals surface area contributed by atoms with Crippen molar-refractivity contribution in [3.63, 3.8) is 0 Å². The van der Waals surface area contributed by atoms with E-state index in [9.17, 15) is 18.0 Å². The molecule has 0 unspecified atom stereocenters. The number of carboxylic acid groups (broad SMARTS) is 1. The third kappa shape index (κ3) is 5.43. The summed E-state index contributed by atoms with van der Waals surface area (Å²) in [6.45, 7) is 3.70. The highest BCUT2D eigenvalue weighted by Gasteiger charge is 2.38. The van der Waals surface area contributed by atoms with Crippen LogP contribution in [0.15, 0.2) is 24.4 Å². The predicted molar refractivity (Wildman–Crippen MR) is 120 cm³/mol. The molecule has 1 saturated heterocycles. The number of fused-ring (bicyclic) bond motifs is 1. The maximum atomic E-state index is 12.8. The van der Waals surface area contributed by atoms with E-state index in [-0.39, 0.29) is 12.5 Å². The van der Waals surface area contributed by atoms with Crippen molar-refractivity contribution >= 4 is 40.9 Å². The van der Waals surface area contributed by atoms with Gasteiger partial charge in [0, 0.05) is 47.7 Å².